The average molecular weight is 1080 g/mol. The third-order valence-electron chi connectivity index (χ3n) is 13.4. The van der Waals surface area contributed by atoms with Gasteiger partial charge >= 0.3 is 17.9 Å². The number of aryl methyl sites for hydroxylation is 3. The lowest BCUT2D eigenvalue weighted by atomic mass is 9.96. The molecule has 9 rings (SSSR count). The summed E-state index contributed by atoms with van der Waals surface area (Å²) in [6.45, 7) is 5.18. The number of rotatable bonds is 13. The van der Waals surface area contributed by atoms with Crippen LogP contribution in [0.5, 0.6) is 17.2 Å². The van der Waals surface area contributed by atoms with Gasteiger partial charge in [-0.2, -0.15) is 0 Å². The third kappa shape index (κ3) is 18.1. The monoisotopic (exact) mass is 1080 g/mol. The number of aliphatic carboxylic acids is 1. The van der Waals surface area contributed by atoms with Crippen molar-refractivity contribution in [3.05, 3.63) is 195 Å². The molecule has 0 fully saturated rings. The van der Waals surface area contributed by atoms with E-state index in [2.05, 4.69) is 40.3 Å². The van der Waals surface area contributed by atoms with Crippen molar-refractivity contribution in [2.45, 2.75) is 122 Å². The largest absolute Gasteiger partial charge is 0.508 e. The number of carbonyl (C=O) groups is 3. The van der Waals surface area contributed by atoms with Crippen LogP contribution in [-0.2, 0) is 43.1 Å². The van der Waals surface area contributed by atoms with E-state index in [0.717, 1.165) is 94.3 Å². The number of methoxy groups -OCH3 is 2. The topological polar surface area (TPSA) is 149 Å². The third-order valence-corrected chi connectivity index (χ3v) is 13.4. The Morgan fingerprint density at radius 2 is 0.861 bits per heavy atom. The van der Waals surface area contributed by atoms with Crippen LogP contribution in [0.4, 0.5) is 13.2 Å². The summed E-state index contributed by atoms with van der Waals surface area (Å²) in [7, 11) is 2.73. The maximum absolute atomic E-state index is 13.3. The molecule has 0 bridgehead atoms. The zero-order valence-electron chi connectivity index (χ0n) is 44.3. The SMILES string of the molecule is C.CC#C[C@@H](CC(=O)O)c1ccc(OC2CCc3cc(F)ccc32)cc1.CC#C[C@@H](CC(=O)OC)c1ccc(O)cc1.CC#C[C@@H](CC(=O)OC)c1ccc(OC2CCc3cc(F)ccc32)cc1.OC1CCc2cc(F)ccc21. The van der Waals surface area contributed by atoms with E-state index in [0.29, 0.717) is 5.75 Å². The van der Waals surface area contributed by atoms with Gasteiger partial charge in [-0.05, 0) is 182 Å². The lowest BCUT2D eigenvalue weighted by Crippen LogP contribution is -2.08. The minimum atomic E-state index is -0.872. The van der Waals surface area contributed by atoms with Crippen LogP contribution in [0.1, 0.15) is 153 Å². The molecule has 0 amide bonds. The number of aliphatic hydroxyl groups excluding tert-OH is 1. The van der Waals surface area contributed by atoms with Gasteiger partial charge in [0, 0.05) is 0 Å². The molecule has 0 spiro atoms. The number of benzene rings is 6. The second-order valence-corrected chi connectivity index (χ2v) is 18.6. The number of aromatic hydroxyl groups is 1. The van der Waals surface area contributed by atoms with Gasteiger partial charge in [0.2, 0.25) is 0 Å². The van der Waals surface area contributed by atoms with Crippen molar-refractivity contribution in [2.75, 3.05) is 14.2 Å². The molecule has 0 radical (unpaired) electrons. The fourth-order valence-electron chi connectivity index (χ4n) is 9.45. The van der Waals surface area contributed by atoms with Crippen molar-refractivity contribution in [1.29, 1.82) is 0 Å². The van der Waals surface area contributed by atoms with Crippen LogP contribution in [0.2, 0.25) is 0 Å². The molecule has 10 nitrogen and oxygen atoms in total. The maximum atomic E-state index is 13.3. The summed E-state index contributed by atoms with van der Waals surface area (Å²) in [5, 5.41) is 27.5. The first-order chi connectivity index (χ1) is 37.6. The number of halogens is 3. The van der Waals surface area contributed by atoms with Crippen molar-refractivity contribution in [3.8, 4) is 52.8 Å². The Kier molecular flexibility index (Phi) is 23.7. The predicted octanol–water partition coefficient (Wildman–Crippen LogP) is 13.5. The molecule has 3 aliphatic rings. The highest BCUT2D eigenvalue weighted by Crippen LogP contribution is 2.38. The Balaban J connectivity index is 0.000000202. The standard InChI is InChI=1S/C22H21FO3.C21H19FO3.C13H14O3.C9H9FO.CH4/c1-3-4-16(14-22(24)25-2)15-5-9-19(10-6-15)26-21-12-7-17-13-18(23)8-11-20(17)21;1-2-3-15(13-21(23)24)14-4-8-18(9-5-14)25-20-11-6-16-12-17(22)7-10-19(16)20;1-3-4-11(9-13(15)16-2)10-5-7-12(14)8-6-10;10-7-2-3-8-6(5-7)1-4-9(8)11;/h5-6,8-11,13,16,21H,7,12,14H2,1-2H3;4-5,7-10,12,15,20H,6,11,13H2,1H3,(H,23,24);5-8,11,14H,9H2,1-2H3;2-3,5,9,11H,1,4H2;1H4/t16-,21?;15-,20?;11-;;/m000../s1. The van der Waals surface area contributed by atoms with Gasteiger partial charge in [-0.25, -0.2) is 13.2 Å². The Labute approximate surface area is 461 Å². The van der Waals surface area contributed by atoms with Crippen molar-refractivity contribution in [1.82, 2.24) is 0 Å². The number of esters is 2. The molecule has 0 saturated carbocycles. The molecule has 412 valence electrons. The fraction of sp³-hybridized carbons (Fsp3) is 0.318. The van der Waals surface area contributed by atoms with Gasteiger partial charge in [0.05, 0.1) is 57.3 Å². The Hall–Kier alpha value is -8.44. The minimum absolute atomic E-state index is 0. The predicted molar refractivity (Wildman–Crippen MR) is 298 cm³/mol. The zero-order chi connectivity index (χ0) is 56.1. The van der Waals surface area contributed by atoms with E-state index in [-0.39, 0.29) is 97.9 Å². The summed E-state index contributed by atoms with van der Waals surface area (Å²) in [5.74, 6) is 16.2. The normalized spacial score (nSPS) is 15.8. The van der Waals surface area contributed by atoms with E-state index in [9.17, 15) is 32.7 Å². The van der Waals surface area contributed by atoms with Crippen molar-refractivity contribution in [2.24, 2.45) is 0 Å². The zero-order valence-corrected chi connectivity index (χ0v) is 44.3. The van der Waals surface area contributed by atoms with E-state index >= 15 is 0 Å². The lowest BCUT2D eigenvalue weighted by molar-refractivity contribution is -0.141. The maximum Gasteiger partial charge on any atom is 0.307 e. The molecule has 6 atom stereocenters. The molecular formula is C66H67F3O10. The van der Waals surface area contributed by atoms with Gasteiger partial charge in [-0.3, -0.25) is 14.4 Å². The van der Waals surface area contributed by atoms with E-state index in [4.69, 9.17) is 24.4 Å². The molecule has 3 N–H and O–H groups in total. The van der Waals surface area contributed by atoms with Gasteiger partial charge in [-0.15, -0.1) is 17.8 Å². The number of ether oxygens (including phenoxy) is 4. The summed E-state index contributed by atoms with van der Waals surface area (Å²) < 4.78 is 60.7. The Bertz CT molecular complexity index is 3190. The van der Waals surface area contributed by atoms with E-state index in [1.807, 2.05) is 48.5 Å². The smallest absolute Gasteiger partial charge is 0.307 e. The van der Waals surface area contributed by atoms with Gasteiger partial charge in [0.15, 0.2) is 0 Å². The molecule has 3 aliphatic carbocycles. The van der Waals surface area contributed by atoms with E-state index in [1.165, 1.54) is 38.5 Å². The van der Waals surface area contributed by atoms with Crippen LogP contribution in [-0.4, -0.2) is 47.4 Å². The molecule has 0 aliphatic heterocycles. The number of phenols is 1. The first-order valence-electron chi connectivity index (χ1n) is 25.6. The first-order valence-corrected chi connectivity index (χ1v) is 25.6. The van der Waals surface area contributed by atoms with Crippen LogP contribution < -0.4 is 9.47 Å². The molecule has 6 aromatic carbocycles. The average Bonchev–Trinajstić information content (AvgIpc) is 4.16. The van der Waals surface area contributed by atoms with E-state index in [1.54, 1.807) is 75.4 Å². The second-order valence-electron chi connectivity index (χ2n) is 18.6. The number of aliphatic hydroxyl groups is 1. The van der Waals surface area contributed by atoms with Gasteiger partial charge < -0.3 is 34.3 Å². The highest BCUT2D eigenvalue weighted by Gasteiger charge is 2.27. The molecule has 13 heteroatoms. The van der Waals surface area contributed by atoms with Crippen molar-refractivity contribution in [3.63, 3.8) is 0 Å². The quantitative estimate of drug-likeness (QED) is 0.0754. The highest BCUT2D eigenvalue weighted by molar-refractivity contribution is 5.72. The molecule has 3 unspecified atom stereocenters. The molecule has 0 heterocycles. The molecule has 0 aromatic heterocycles. The second kappa shape index (κ2) is 30.5. The van der Waals surface area contributed by atoms with Gasteiger partial charge in [-0.1, -0.05) is 79.8 Å². The van der Waals surface area contributed by atoms with Crippen LogP contribution in [0, 0.1) is 53.0 Å². The van der Waals surface area contributed by atoms with Crippen LogP contribution in [0.15, 0.2) is 127 Å². The minimum Gasteiger partial charge on any atom is -0.508 e. The van der Waals surface area contributed by atoms with Crippen LogP contribution in [0.3, 0.4) is 0 Å². The summed E-state index contributed by atoms with van der Waals surface area (Å²) in [6, 6.07) is 35.9. The molecule has 6 aromatic rings. The van der Waals surface area contributed by atoms with Gasteiger partial charge in [0.25, 0.3) is 0 Å². The number of carbonyl (C=O) groups excluding carboxylic acids is 2. The van der Waals surface area contributed by atoms with E-state index < -0.39 is 5.97 Å². The first kappa shape index (κ1) is 61.4. The van der Waals surface area contributed by atoms with Crippen molar-refractivity contribution < 1.29 is 61.8 Å². The Morgan fingerprint density at radius 1 is 0.519 bits per heavy atom. The van der Waals surface area contributed by atoms with Crippen LogP contribution >= 0.6 is 0 Å². The summed E-state index contributed by atoms with van der Waals surface area (Å²) >= 11 is 0. The van der Waals surface area contributed by atoms with Crippen molar-refractivity contribution >= 4 is 17.9 Å². The Morgan fingerprint density at radius 3 is 1.23 bits per heavy atom. The summed E-state index contributed by atoms with van der Waals surface area (Å²) in [6.07, 6.45) is 4.74. The molecular weight excluding hydrogens is 1010 g/mol. The number of phenolic OH excluding ortho intramolecular Hbond substituents is 1. The fourth-order valence-corrected chi connectivity index (χ4v) is 9.45. The lowest BCUT2D eigenvalue weighted by Gasteiger charge is -2.16. The number of carboxylic acid groups (broad SMARTS) is 1. The number of carboxylic acids is 1. The summed E-state index contributed by atoms with van der Waals surface area (Å²) in [5.41, 5.74) is 8.66. The molecule has 79 heavy (non-hydrogen) atoms. The number of fused-ring (bicyclic) bond motifs is 3. The number of hydrogen-bond donors (Lipinski definition) is 3. The highest BCUT2D eigenvalue weighted by atomic mass is 19.1. The van der Waals surface area contributed by atoms with Crippen LogP contribution in [0.25, 0.3) is 0 Å². The summed E-state index contributed by atoms with van der Waals surface area (Å²) in [4.78, 5) is 33.7. The number of hydrogen-bond acceptors (Lipinski definition) is 9. The van der Waals surface area contributed by atoms with Gasteiger partial charge in [0.1, 0.15) is 46.9 Å². The molecule has 0 saturated heterocycles.